The maximum absolute atomic E-state index is 13.7. The van der Waals surface area contributed by atoms with E-state index in [1.165, 1.54) is 11.6 Å². The van der Waals surface area contributed by atoms with Gasteiger partial charge in [-0.25, -0.2) is 4.39 Å². The molecule has 1 aliphatic rings. The van der Waals surface area contributed by atoms with Crippen LogP contribution in [-0.4, -0.2) is 31.4 Å². The lowest BCUT2D eigenvalue weighted by Crippen LogP contribution is -2.39. The summed E-state index contributed by atoms with van der Waals surface area (Å²) in [6.45, 7) is 0.704. The second-order valence-corrected chi connectivity index (χ2v) is 6.46. The molecule has 2 aromatic carbocycles. The smallest absolute Gasteiger partial charge is 0.227 e. The number of halogens is 1. The average molecular weight is 326 g/mol. The number of carbonyl (C=O) groups excluding carboxylic acids is 1. The number of rotatable bonds is 4. The molecule has 0 saturated heterocycles. The largest absolute Gasteiger partial charge is 0.312 e. The topological polar surface area (TPSA) is 23.6 Å². The van der Waals surface area contributed by atoms with Crippen molar-refractivity contribution in [3.63, 3.8) is 0 Å². The molecule has 0 bridgehead atoms. The van der Waals surface area contributed by atoms with Gasteiger partial charge in [-0.15, -0.1) is 0 Å². The quantitative estimate of drug-likeness (QED) is 0.853. The second kappa shape index (κ2) is 7.14. The van der Waals surface area contributed by atoms with E-state index in [0.29, 0.717) is 31.0 Å². The Hall–Kier alpha value is -2.20. The van der Waals surface area contributed by atoms with Crippen molar-refractivity contribution in [1.29, 1.82) is 0 Å². The zero-order valence-electron chi connectivity index (χ0n) is 14.2. The third kappa shape index (κ3) is 3.34. The molecule has 0 N–H and O–H groups in total. The van der Waals surface area contributed by atoms with Gasteiger partial charge in [-0.05, 0) is 50.2 Å². The lowest BCUT2D eigenvalue weighted by Gasteiger charge is -2.37. The van der Waals surface area contributed by atoms with E-state index in [-0.39, 0.29) is 11.7 Å². The van der Waals surface area contributed by atoms with Crippen LogP contribution in [0.25, 0.3) is 0 Å². The van der Waals surface area contributed by atoms with E-state index in [9.17, 15) is 9.18 Å². The van der Waals surface area contributed by atoms with E-state index in [4.69, 9.17) is 0 Å². The minimum absolute atomic E-state index is 0.0582. The first-order valence-corrected chi connectivity index (χ1v) is 8.37. The van der Waals surface area contributed by atoms with Crippen molar-refractivity contribution in [2.24, 2.45) is 0 Å². The molecule has 2 aromatic rings. The Morgan fingerprint density at radius 3 is 2.62 bits per heavy atom. The van der Waals surface area contributed by atoms with Gasteiger partial charge in [0.1, 0.15) is 5.82 Å². The molecule has 0 fully saturated rings. The fourth-order valence-electron chi connectivity index (χ4n) is 3.42. The van der Waals surface area contributed by atoms with Crippen LogP contribution in [0.3, 0.4) is 0 Å². The van der Waals surface area contributed by atoms with Gasteiger partial charge >= 0.3 is 0 Å². The first kappa shape index (κ1) is 16.7. The lowest BCUT2D eigenvalue weighted by molar-refractivity contribution is -0.118. The first-order valence-electron chi connectivity index (χ1n) is 8.37. The van der Waals surface area contributed by atoms with Gasteiger partial charge in [0, 0.05) is 24.7 Å². The zero-order chi connectivity index (χ0) is 17.1. The summed E-state index contributed by atoms with van der Waals surface area (Å²) in [6, 6.07) is 15.1. The van der Waals surface area contributed by atoms with Crippen molar-refractivity contribution in [1.82, 2.24) is 4.90 Å². The van der Waals surface area contributed by atoms with Gasteiger partial charge in [-0.2, -0.15) is 0 Å². The number of fused-ring (bicyclic) bond motifs is 1. The Kier molecular flexibility index (Phi) is 4.95. The summed E-state index contributed by atoms with van der Waals surface area (Å²) >= 11 is 0. The standard InChI is InChI=1S/C20H23FN2O/c1-22(2)18-13-14-23(19-10-6-4-8-16(18)19)20(24)12-11-15-7-3-5-9-17(15)21/h3-10,18H,11-14H2,1-2H3. The summed E-state index contributed by atoms with van der Waals surface area (Å²) in [6.07, 6.45) is 1.67. The van der Waals surface area contributed by atoms with Gasteiger partial charge < -0.3 is 9.80 Å². The van der Waals surface area contributed by atoms with Gasteiger partial charge in [-0.1, -0.05) is 36.4 Å². The molecule has 126 valence electrons. The van der Waals surface area contributed by atoms with E-state index in [2.05, 4.69) is 25.1 Å². The Labute approximate surface area is 142 Å². The van der Waals surface area contributed by atoms with Crippen LogP contribution in [0.5, 0.6) is 0 Å². The normalized spacial score (nSPS) is 17.0. The van der Waals surface area contributed by atoms with Crippen LogP contribution in [0.2, 0.25) is 0 Å². The van der Waals surface area contributed by atoms with Crippen LogP contribution in [0.4, 0.5) is 10.1 Å². The third-order valence-electron chi connectivity index (χ3n) is 4.70. The Morgan fingerprint density at radius 1 is 1.17 bits per heavy atom. The van der Waals surface area contributed by atoms with Crippen LogP contribution < -0.4 is 4.90 Å². The van der Waals surface area contributed by atoms with Crippen molar-refractivity contribution < 1.29 is 9.18 Å². The minimum Gasteiger partial charge on any atom is -0.312 e. The molecule has 1 aliphatic heterocycles. The Bertz CT molecular complexity index is 729. The fourth-order valence-corrected chi connectivity index (χ4v) is 3.42. The zero-order valence-corrected chi connectivity index (χ0v) is 14.2. The first-order chi connectivity index (χ1) is 11.6. The number of nitrogens with zero attached hydrogens (tertiary/aromatic N) is 2. The van der Waals surface area contributed by atoms with Crippen LogP contribution >= 0.6 is 0 Å². The van der Waals surface area contributed by atoms with Gasteiger partial charge in [0.05, 0.1) is 0 Å². The number of aryl methyl sites for hydroxylation is 1. The molecule has 1 amide bonds. The van der Waals surface area contributed by atoms with E-state index >= 15 is 0 Å². The molecule has 0 spiro atoms. The van der Waals surface area contributed by atoms with Crippen molar-refractivity contribution in [2.75, 3.05) is 25.5 Å². The minimum atomic E-state index is -0.239. The predicted octanol–water partition coefficient (Wildman–Crippen LogP) is 3.80. The summed E-state index contributed by atoms with van der Waals surface area (Å²) in [5.74, 6) is -0.181. The lowest BCUT2D eigenvalue weighted by atomic mass is 9.95. The highest BCUT2D eigenvalue weighted by atomic mass is 19.1. The molecule has 0 aliphatic carbocycles. The highest BCUT2D eigenvalue weighted by molar-refractivity contribution is 5.94. The molecular formula is C20H23FN2O. The summed E-state index contributed by atoms with van der Waals surface area (Å²) in [4.78, 5) is 16.8. The fraction of sp³-hybridized carbons (Fsp3) is 0.350. The predicted molar refractivity (Wildman–Crippen MR) is 94.6 cm³/mol. The van der Waals surface area contributed by atoms with Gasteiger partial charge in [0.2, 0.25) is 5.91 Å². The molecule has 0 aromatic heterocycles. The Morgan fingerprint density at radius 2 is 1.88 bits per heavy atom. The molecule has 0 saturated carbocycles. The van der Waals surface area contributed by atoms with E-state index in [1.807, 2.05) is 23.1 Å². The van der Waals surface area contributed by atoms with Crippen LogP contribution in [0, 0.1) is 5.82 Å². The summed E-state index contributed by atoms with van der Waals surface area (Å²) in [5, 5.41) is 0. The monoisotopic (exact) mass is 326 g/mol. The molecule has 1 heterocycles. The van der Waals surface area contributed by atoms with E-state index < -0.39 is 0 Å². The Balaban J connectivity index is 1.76. The number of hydrogen-bond donors (Lipinski definition) is 0. The number of amides is 1. The molecule has 3 rings (SSSR count). The molecule has 0 radical (unpaired) electrons. The van der Waals surface area contributed by atoms with Gasteiger partial charge in [0.15, 0.2) is 0 Å². The molecule has 3 nitrogen and oxygen atoms in total. The number of carbonyl (C=O) groups is 1. The highest BCUT2D eigenvalue weighted by Crippen LogP contribution is 2.36. The molecule has 4 heteroatoms. The van der Waals surface area contributed by atoms with Gasteiger partial charge in [-0.3, -0.25) is 4.79 Å². The van der Waals surface area contributed by atoms with Gasteiger partial charge in [0.25, 0.3) is 0 Å². The van der Waals surface area contributed by atoms with Crippen LogP contribution in [0.15, 0.2) is 48.5 Å². The molecule has 24 heavy (non-hydrogen) atoms. The maximum atomic E-state index is 13.7. The summed E-state index contributed by atoms with van der Waals surface area (Å²) in [7, 11) is 4.13. The second-order valence-electron chi connectivity index (χ2n) is 6.46. The molecular weight excluding hydrogens is 303 g/mol. The number of benzene rings is 2. The van der Waals surface area contributed by atoms with Crippen LogP contribution in [0.1, 0.15) is 30.0 Å². The molecule has 1 atom stereocenters. The van der Waals surface area contributed by atoms with E-state index in [0.717, 1.165) is 12.1 Å². The summed E-state index contributed by atoms with van der Waals surface area (Å²) in [5.41, 5.74) is 2.77. The maximum Gasteiger partial charge on any atom is 0.227 e. The van der Waals surface area contributed by atoms with E-state index in [1.54, 1.807) is 18.2 Å². The average Bonchev–Trinajstić information content (AvgIpc) is 2.59. The van der Waals surface area contributed by atoms with Crippen molar-refractivity contribution in [3.05, 3.63) is 65.5 Å². The number of para-hydroxylation sites is 1. The third-order valence-corrected chi connectivity index (χ3v) is 4.70. The van der Waals surface area contributed by atoms with Crippen LogP contribution in [-0.2, 0) is 11.2 Å². The van der Waals surface area contributed by atoms with Crippen molar-refractivity contribution in [2.45, 2.75) is 25.3 Å². The number of hydrogen-bond acceptors (Lipinski definition) is 2. The van der Waals surface area contributed by atoms with Crippen molar-refractivity contribution in [3.8, 4) is 0 Å². The van der Waals surface area contributed by atoms with Crippen molar-refractivity contribution >= 4 is 11.6 Å². The highest BCUT2D eigenvalue weighted by Gasteiger charge is 2.29. The molecule has 1 unspecified atom stereocenters. The number of anilines is 1. The summed E-state index contributed by atoms with van der Waals surface area (Å²) < 4.78 is 13.7. The SMILES string of the molecule is CN(C)C1CCN(C(=O)CCc2ccccc2F)c2ccccc21.